The van der Waals surface area contributed by atoms with Crippen LogP contribution in [0.25, 0.3) is 11.8 Å². The van der Waals surface area contributed by atoms with Crippen molar-refractivity contribution in [2.45, 2.75) is 26.7 Å². The van der Waals surface area contributed by atoms with Gasteiger partial charge in [-0.2, -0.15) is 15.1 Å². The molecular formula is C21H19N5O2S. The number of hydrogen-bond acceptors (Lipinski definition) is 5. The topological polar surface area (TPSA) is 94.0 Å². The van der Waals surface area contributed by atoms with Crippen molar-refractivity contribution < 1.29 is 9.90 Å². The third-order valence-corrected chi connectivity index (χ3v) is 6.36. The average Bonchev–Trinajstić information content (AvgIpc) is 3.39. The summed E-state index contributed by atoms with van der Waals surface area (Å²) < 4.78 is 1.93. The lowest BCUT2D eigenvalue weighted by Crippen LogP contribution is -2.35. The number of phenols is 1. The van der Waals surface area contributed by atoms with E-state index < -0.39 is 5.91 Å². The third kappa shape index (κ3) is 2.91. The Labute approximate surface area is 171 Å². The van der Waals surface area contributed by atoms with Gasteiger partial charge >= 0.3 is 0 Å². The Kier molecular flexibility index (Phi) is 3.99. The number of thioether (sulfide) groups is 1. The van der Waals surface area contributed by atoms with E-state index in [9.17, 15) is 9.90 Å². The van der Waals surface area contributed by atoms with Crippen LogP contribution >= 0.6 is 11.8 Å². The van der Waals surface area contributed by atoms with Gasteiger partial charge in [0.15, 0.2) is 5.84 Å². The number of nitrogens with one attached hydrogen (secondary N) is 1. The first-order chi connectivity index (χ1) is 13.9. The number of para-hydroxylation sites is 2. The highest BCUT2D eigenvalue weighted by Crippen LogP contribution is 2.40. The van der Waals surface area contributed by atoms with E-state index in [1.165, 1.54) is 16.8 Å². The van der Waals surface area contributed by atoms with Crippen molar-refractivity contribution in [1.82, 2.24) is 9.58 Å². The van der Waals surface area contributed by atoms with Gasteiger partial charge in [0, 0.05) is 17.3 Å². The van der Waals surface area contributed by atoms with Crippen molar-refractivity contribution in [2.24, 2.45) is 16.0 Å². The Morgan fingerprint density at radius 1 is 1.28 bits per heavy atom. The molecule has 0 atom stereocenters. The molecule has 7 nitrogen and oxygen atoms in total. The van der Waals surface area contributed by atoms with E-state index in [0.29, 0.717) is 16.8 Å². The number of hydrazone groups is 1. The number of hydrogen-bond donors (Lipinski definition) is 2. The second-order valence-electron chi connectivity index (χ2n) is 7.38. The van der Waals surface area contributed by atoms with E-state index >= 15 is 0 Å². The van der Waals surface area contributed by atoms with Crippen LogP contribution in [0, 0.1) is 25.2 Å². The quantitative estimate of drug-likeness (QED) is 0.759. The summed E-state index contributed by atoms with van der Waals surface area (Å²) in [5.41, 5.74) is 3.47. The largest absolute Gasteiger partial charge is 0.506 e. The van der Waals surface area contributed by atoms with Crippen LogP contribution in [-0.4, -0.2) is 36.6 Å². The number of amidine groups is 2. The fraction of sp³-hybridized carbons (Fsp3) is 0.238. The lowest BCUT2D eigenvalue weighted by Gasteiger charge is -2.20. The minimum Gasteiger partial charge on any atom is -0.506 e. The lowest BCUT2D eigenvalue weighted by atomic mass is 10.1. The van der Waals surface area contributed by atoms with Crippen LogP contribution in [0.3, 0.4) is 0 Å². The molecule has 0 spiro atoms. The number of aliphatic imine (C=N–C) groups is 1. The summed E-state index contributed by atoms with van der Waals surface area (Å²) in [6, 6.07) is 9.06. The molecule has 8 heteroatoms. The standard InChI is InChI=1S/C21H19N5O2S/c1-11-9-14(12(2)25(11)16-5-3-4-6-17(16)27)10-15-18(22)26-21(23-19(15)28)29-20(24-26)13-7-8-13/h3-6,9-10,13,22,27H,7-8H2,1-2H3/b15-10+,22-18?. The van der Waals surface area contributed by atoms with E-state index in [1.54, 1.807) is 18.2 Å². The normalized spacial score (nSPS) is 20.2. The number of fused-ring (bicyclic) bond motifs is 1. The maximum Gasteiger partial charge on any atom is 0.283 e. The lowest BCUT2D eigenvalue weighted by molar-refractivity contribution is -0.114. The molecule has 1 aliphatic carbocycles. The number of phenolic OH excluding ortho intramolecular Hbond substituents is 1. The van der Waals surface area contributed by atoms with Gasteiger partial charge in [-0.05, 0) is 68.3 Å². The summed E-state index contributed by atoms with van der Waals surface area (Å²) in [5.74, 6) is 0.255. The molecule has 2 aliphatic heterocycles. The van der Waals surface area contributed by atoms with Gasteiger partial charge in [-0.15, -0.1) is 0 Å². The Morgan fingerprint density at radius 2 is 2.03 bits per heavy atom. The number of carbonyl (C=O) groups is 1. The van der Waals surface area contributed by atoms with Crippen molar-refractivity contribution in [3.05, 3.63) is 52.9 Å². The molecule has 146 valence electrons. The number of aromatic hydroxyl groups is 1. The molecule has 0 saturated heterocycles. The number of amides is 1. The van der Waals surface area contributed by atoms with Gasteiger partial charge in [0.1, 0.15) is 10.8 Å². The molecule has 1 amide bonds. The molecule has 0 unspecified atom stereocenters. The van der Waals surface area contributed by atoms with Crippen LogP contribution < -0.4 is 0 Å². The molecule has 29 heavy (non-hydrogen) atoms. The molecule has 5 rings (SSSR count). The van der Waals surface area contributed by atoms with Gasteiger partial charge in [-0.1, -0.05) is 12.1 Å². The highest BCUT2D eigenvalue weighted by Gasteiger charge is 2.40. The molecule has 3 heterocycles. The number of nitrogens with zero attached hydrogens (tertiary/aromatic N) is 4. The first kappa shape index (κ1) is 17.9. The Balaban J connectivity index is 1.55. The van der Waals surface area contributed by atoms with Crippen LogP contribution in [0.4, 0.5) is 0 Å². The summed E-state index contributed by atoms with van der Waals surface area (Å²) in [6.45, 7) is 3.86. The van der Waals surface area contributed by atoms with Crippen LogP contribution in [-0.2, 0) is 4.79 Å². The molecular weight excluding hydrogens is 386 g/mol. The van der Waals surface area contributed by atoms with Crippen molar-refractivity contribution >= 4 is 39.8 Å². The van der Waals surface area contributed by atoms with E-state index in [2.05, 4.69) is 10.1 Å². The summed E-state index contributed by atoms with van der Waals surface area (Å²) in [7, 11) is 0. The van der Waals surface area contributed by atoms with Crippen molar-refractivity contribution in [1.29, 1.82) is 5.41 Å². The van der Waals surface area contributed by atoms with Crippen LogP contribution in [0.2, 0.25) is 0 Å². The third-order valence-electron chi connectivity index (χ3n) is 5.29. The number of rotatable bonds is 3. The molecule has 2 N–H and O–H groups in total. The summed E-state index contributed by atoms with van der Waals surface area (Å²) in [6.07, 6.45) is 3.91. The predicted molar refractivity (Wildman–Crippen MR) is 115 cm³/mol. The molecule has 2 aromatic rings. The van der Waals surface area contributed by atoms with Crippen molar-refractivity contribution in [3.63, 3.8) is 0 Å². The van der Waals surface area contributed by atoms with E-state index in [4.69, 9.17) is 5.41 Å². The number of benzene rings is 1. The highest BCUT2D eigenvalue weighted by molar-refractivity contribution is 8.27. The molecule has 1 fully saturated rings. The van der Waals surface area contributed by atoms with Crippen molar-refractivity contribution in [2.75, 3.05) is 0 Å². The molecule has 0 bridgehead atoms. The van der Waals surface area contributed by atoms with Gasteiger partial charge in [0.05, 0.1) is 11.3 Å². The minimum absolute atomic E-state index is 0.0514. The number of aromatic nitrogens is 1. The zero-order valence-electron chi connectivity index (χ0n) is 16.0. The minimum atomic E-state index is -0.423. The first-order valence-electron chi connectivity index (χ1n) is 9.41. The zero-order chi connectivity index (χ0) is 20.3. The number of aryl methyl sites for hydroxylation is 1. The predicted octanol–water partition coefficient (Wildman–Crippen LogP) is 3.83. The Hall–Kier alpha value is -3.13. The first-order valence-corrected chi connectivity index (χ1v) is 10.2. The fourth-order valence-corrected chi connectivity index (χ4v) is 4.67. The van der Waals surface area contributed by atoms with E-state index in [1.807, 2.05) is 36.6 Å². The van der Waals surface area contributed by atoms with Crippen LogP contribution in [0.1, 0.15) is 29.8 Å². The molecule has 1 saturated carbocycles. The molecule has 3 aliphatic rings. The van der Waals surface area contributed by atoms with Crippen molar-refractivity contribution in [3.8, 4) is 11.4 Å². The second-order valence-corrected chi connectivity index (χ2v) is 8.37. The Bertz CT molecular complexity index is 1170. The van der Waals surface area contributed by atoms with E-state index in [-0.39, 0.29) is 17.2 Å². The maximum atomic E-state index is 12.6. The summed E-state index contributed by atoms with van der Waals surface area (Å²) >= 11 is 1.39. The van der Waals surface area contributed by atoms with Gasteiger partial charge in [-0.25, -0.2) is 0 Å². The monoisotopic (exact) mass is 405 g/mol. The summed E-state index contributed by atoms with van der Waals surface area (Å²) in [5, 5.41) is 26.2. The molecule has 1 aromatic carbocycles. The fourth-order valence-electron chi connectivity index (χ4n) is 3.62. The molecule has 0 radical (unpaired) electrons. The van der Waals surface area contributed by atoms with Gasteiger partial charge in [0.2, 0.25) is 5.17 Å². The Morgan fingerprint density at radius 3 is 2.76 bits per heavy atom. The summed E-state index contributed by atoms with van der Waals surface area (Å²) in [4.78, 5) is 16.8. The van der Waals surface area contributed by atoms with Crippen LogP contribution in [0.15, 0.2) is 46.0 Å². The molecule has 1 aromatic heterocycles. The second kappa shape index (κ2) is 6.45. The zero-order valence-corrected chi connectivity index (χ0v) is 16.8. The van der Waals surface area contributed by atoms with Gasteiger partial charge in [-0.3, -0.25) is 10.2 Å². The van der Waals surface area contributed by atoms with E-state index in [0.717, 1.165) is 34.8 Å². The average molecular weight is 405 g/mol. The van der Waals surface area contributed by atoms with Crippen LogP contribution in [0.5, 0.6) is 5.75 Å². The maximum absolute atomic E-state index is 12.6. The van der Waals surface area contributed by atoms with Gasteiger partial charge in [0.25, 0.3) is 5.91 Å². The smallest absolute Gasteiger partial charge is 0.283 e. The highest BCUT2D eigenvalue weighted by atomic mass is 32.2. The SMILES string of the molecule is Cc1cc(/C=C2\C(=N)N3N=C(C4CC4)SC3=NC2=O)c(C)n1-c1ccccc1O. The van der Waals surface area contributed by atoms with Gasteiger partial charge < -0.3 is 9.67 Å². The number of carbonyl (C=O) groups excluding carboxylic acids is 1.